The highest BCUT2D eigenvalue weighted by molar-refractivity contribution is 5.34. The fourth-order valence-corrected chi connectivity index (χ4v) is 6.09. The monoisotopic (exact) mass is 288 g/mol. The van der Waals surface area contributed by atoms with E-state index in [-0.39, 0.29) is 5.41 Å². The van der Waals surface area contributed by atoms with Crippen LogP contribution in [0, 0.1) is 28.6 Å². The molecule has 0 aromatic carbocycles. The molecular formula is C19H28O2. The molecule has 4 aliphatic carbocycles. The molecule has 2 fully saturated rings. The lowest BCUT2D eigenvalue weighted by Crippen LogP contribution is -2.48. The van der Waals surface area contributed by atoms with E-state index in [1.807, 2.05) is 0 Å². The molecule has 4 rings (SSSR count). The van der Waals surface area contributed by atoms with E-state index >= 15 is 0 Å². The molecule has 2 saturated carbocycles. The molecule has 0 bridgehead atoms. The van der Waals surface area contributed by atoms with Crippen LogP contribution in [0.4, 0.5) is 0 Å². The van der Waals surface area contributed by atoms with E-state index in [2.05, 4.69) is 26.0 Å². The third-order valence-electron chi connectivity index (χ3n) is 7.37. The van der Waals surface area contributed by atoms with Crippen molar-refractivity contribution >= 4 is 0 Å². The molecule has 2 N–H and O–H groups in total. The van der Waals surface area contributed by atoms with Crippen molar-refractivity contribution in [2.24, 2.45) is 28.6 Å². The molecule has 2 nitrogen and oxygen atoms in total. The molecule has 4 aliphatic rings. The standard InChI is InChI=1S/C19H28O2/c1-17-8-3-4-15(17)14-6-5-13-12-19(20,21)11-10-18(13,2)16(14)7-9-17/h7,10-11,13-15,20-21H,3-6,8-9,12H2,1-2H3/t13?,14-,15-,17-,18-/m0/s1. The van der Waals surface area contributed by atoms with Crippen LogP contribution in [0.3, 0.4) is 0 Å². The van der Waals surface area contributed by atoms with Gasteiger partial charge < -0.3 is 10.2 Å². The van der Waals surface area contributed by atoms with Crippen molar-refractivity contribution in [3.63, 3.8) is 0 Å². The Labute approximate surface area is 127 Å². The van der Waals surface area contributed by atoms with Gasteiger partial charge in [-0.2, -0.15) is 0 Å². The Morgan fingerprint density at radius 1 is 1.10 bits per heavy atom. The summed E-state index contributed by atoms with van der Waals surface area (Å²) in [6.07, 6.45) is 14.6. The third-order valence-corrected chi connectivity index (χ3v) is 7.37. The lowest BCUT2D eigenvalue weighted by atomic mass is 9.50. The minimum absolute atomic E-state index is 0.0573. The first kappa shape index (κ1) is 14.0. The normalized spacial score (nSPS) is 50.9. The van der Waals surface area contributed by atoms with Gasteiger partial charge in [-0.05, 0) is 61.3 Å². The van der Waals surface area contributed by atoms with Crippen molar-refractivity contribution < 1.29 is 10.2 Å². The maximum atomic E-state index is 9.96. The summed E-state index contributed by atoms with van der Waals surface area (Å²) in [6.45, 7) is 4.83. The van der Waals surface area contributed by atoms with Crippen molar-refractivity contribution in [1.82, 2.24) is 0 Å². The molecule has 0 aliphatic heterocycles. The number of rotatable bonds is 0. The zero-order valence-electron chi connectivity index (χ0n) is 13.3. The van der Waals surface area contributed by atoms with Gasteiger partial charge in [0.25, 0.3) is 0 Å². The predicted molar refractivity (Wildman–Crippen MR) is 83.4 cm³/mol. The summed E-state index contributed by atoms with van der Waals surface area (Å²) >= 11 is 0. The molecule has 0 amide bonds. The summed E-state index contributed by atoms with van der Waals surface area (Å²) in [5.41, 5.74) is 2.21. The number of hydrogen-bond donors (Lipinski definition) is 2. The zero-order chi connectivity index (χ0) is 14.9. The van der Waals surface area contributed by atoms with Gasteiger partial charge in [-0.3, -0.25) is 0 Å². The summed E-state index contributed by atoms with van der Waals surface area (Å²) in [6, 6.07) is 0. The number of hydrogen-bond acceptors (Lipinski definition) is 2. The van der Waals surface area contributed by atoms with E-state index in [0.29, 0.717) is 17.8 Å². The van der Waals surface area contributed by atoms with Crippen molar-refractivity contribution in [2.45, 2.75) is 64.6 Å². The second-order valence-corrected chi connectivity index (χ2v) is 8.60. The van der Waals surface area contributed by atoms with Gasteiger partial charge in [-0.15, -0.1) is 0 Å². The average molecular weight is 288 g/mol. The number of fused-ring (bicyclic) bond motifs is 5. The smallest absolute Gasteiger partial charge is 0.182 e. The van der Waals surface area contributed by atoms with Crippen LogP contribution in [0.25, 0.3) is 0 Å². The lowest BCUT2D eigenvalue weighted by molar-refractivity contribution is -0.148. The summed E-state index contributed by atoms with van der Waals surface area (Å²) in [7, 11) is 0. The van der Waals surface area contributed by atoms with Gasteiger partial charge in [-0.1, -0.05) is 38.0 Å². The molecule has 0 spiro atoms. The van der Waals surface area contributed by atoms with Crippen LogP contribution < -0.4 is 0 Å². The second kappa shape index (κ2) is 4.23. The first-order valence-corrected chi connectivity index (χ1v) is 8.70. The molecule has 116 valence electrons. The van der Waals surface area contributed by atoms with Crippen molar-refractivity contribution in [2.75, 3.05) is 0 Å². The minimum atomic E-state index is -1.59. The quantitative estimate of drug-likeness (QED) is 0.526. The molecule has 5 atom stereocenters. The highest BCUT2D eigenvalue weighted by atomic mass is 16.5. The van der Waals surface area contributed by atoms with Gasteiger partial charge in [0.05, 0.1) is 0 Å². The largest absolute Gasteiger partial charge is 0.362 e. The molecule has 0 aromatic rings. The first-order valence-electron chi connectivity index (χ1n) is 8.70. The summed E-state index contributed by atoms with van der Waals surface area (Å²) in [4.78, 5) is 0. The van der Waals surface area contributed by atoms with Crippen LogP contribution in [0.15, 0.2) is 23.8 Å². The lowest BCUT2D eigenvalue weighted by Gasteiger charge is -2.55. The molecular weight excluding hydrogens is 260 g/mol. The van der Waals surface area contributed by atoms with Crippen LogP contribution in [0.5, 0.6) is 0 Å². The Kier molecular flexibility index (Phi) is 2.83. The molecule has 0 aromatic heterocycles. The van der Waals surface area contributed by atoms with Crippen LogP contribution in [0.2, 0.25) is 0 Å². The van der Waals surface area contributed by atoms with Gasteiger partial charge in [0.2, 0.25) is 0 Å². The van der Waals surface area contributed by atoms with Crippen LogP contribution in [0.1, 0.15) is 58.8 Å². The van der Waals surface area contributed by atoms with Crippen molar-refractivity contribution in [3.05, 3.63) is 23.8 Å². The summed E-state index contributed by atoms with van der Waals surface area (Å²) in [5.74, 6) is 0.389. The Morgan fingerprint density at radius 3 is 2.71 bits per heavy atom. The van der Waals surface area contributed by atoms with Gasteiger partial charge in [-0.25, -0.2) is 0 Å². The van der Waals surface area contributed by atoms with Crippen molar-refractivity contribution in [3.8, 4) is 0 Å². The maximum absolute atomic E-state index is 9.96. The van der Waals surface area contributed by atoms with Crippen LogP contribution in [-0.2, 0) is 0 Å². The average Bonchev–Trinajstić information content (AvgIpc) is 2.81. The SMILES string of the molecule is C[C@]12CC=C3[C@@H](CCC4CC(O)(O)C=C[C@]34C)[C@@H]1CCC2. The van der Waals surface area contributed by atoms with E-state index < -0.39 is 5.79 Å². The number of allylic oxidation sites excluding steroid dienone is 3. The van der Waals surface area contributed by atoms with Crippen LogP contribution in [-0.4, -0.2) is 16.0 Å². The van der Waals surface area contributed by atoms with Gasteiger partial charge in [0, 0.05) is 11.8 Å². The fraction of sp³-hybridized carbons (Fsp3) is 0.789. The van der Waals surface area contributed by atoms with Crippen LogP contribution >= 0.6 is 0 Å². The molecule has 21 heavy (non-hydrogen) atoms. The Morgan fingerprint density at radius 2 is 1.90 bits per heavy atom. The van der Waals surface area contributed by atoms with E-state index in [1.54, 1.807) is 11.6 Å². The van der Waals surface area contributed by atoms with Crippen molar-refractivity contribution in [1.29, 1.82) is 0 Å². The Bertz CT molecular complexity index is 518. The molecule has 0 heterocycles. The highest BCUT2D eigenvalue weighted by Crippen LogP contribution is 2.63. The molecule has 2 heteroatoms. The summed E-state index contributed by atoms with van der Waals surface area (Å²) in [5, 5.41) is 19.9. The van der Waals surface area contributed by atoms with Gasteiger partial charge >= 0.3 is 0 Å². The highest BCUT2D eigenvalue weighted by Gasteiger charge is 2.54. The Hall–Kier alpha value is -0.600. The van der Waals surface area contributed by atoms with Gasteiger partial charge in [0.1, 0.15) is 0 Å². The van der Waals surface area contributed by atoms with Gasteiger partial charge in [0.15, 0.2) is 5.79 Å². The molecule has 1 unspecified atom stereocenters. The minimum Gasteiger partial charge on any atom is -0.362 e. The fourth-order valence-electron chi connectivity index (χ4n) is 6.09. The van der Waals surface area contributed by atoms with E-state index in [9.17, 15) is 10.2 Å². The topological polar surface area (TPSA) is 40.5 Å². The zero-order valence-corrected chi connectivity index (χ0v) is 13.3. The van der Waals surface area contributed by atoms with E-state index in [1.165, 1.54) is 32.1 Å². The first-order chi connectivity index (χ1) is 9.84. The molecule has 0 saturated heterocycles. The van der Waals surface area contributed by atoms with E-state index in [0.717, 1.165) is 18.3 Å². The number of aliphatic hydroxyl groups is 2. The summed E-state index contributed by atoms with van der Waals surface area (Å²) < 4.78 is 0. The maximum Gasteiger partial charge on any atom is 0.182 e. The Balaban J connectivity index is 1.74. The van der Waals surface area contributed by atoms with E-state index in [4.69, 9.17) is 0 Å². The molecule has 0 radical (unpaired) electrons. The predicted octanol–water partition coefficient (Wildman–Crippen LogP) is 3.80. The second-order valence-electron chi connectivity index (χ2n) is 8.60. The third kappa shape index (κ3) is 1.91.